The van der Waals surface area contributed by atoms with E-state index in [0.717, 1.165) is 9.26 Å². The molecule has 1 aromatic heterocycles. The van der Waals surface area contributed by atoms with Crippen LogP contribution in [0, 0.1) is 3.57 Å². The van der Waals surface area contributed by atoms with E-state index in [2.05, 4.69) is 37.9 Å². The average Bonchev–Trinajstić information content (AvgIpc) is 2.22. The highest BCUT2D eigenvalue weighted by Crippen LogP contribution is 2.24. The van der Waals surface area contributed by atoms with Gasteiger partial charge < -0.3 is 5.32 Å². The average molecular weight is 366 g/mol. The molecule has 2 rings (SSSR count). The van der Waals surface area contributed by atoms with Crippen LogP contribution in [-0.2, 0) is 0 Å². The molecule has 0 atom stereocenters. The molecular formula is C10H6Cl2IN3. The van der Waals surface area contributed by atoms with Crippen molar-refractivity contribution in [3.63, 3.8) is 0 Å². The second-order valence-corrected chi connectivity index (χ2v) is 4.96. The summed E-state index contributed by atoms with van der Waals surface area (Å²) in [7, 11) is 0. The molecule has 0 amide bonds. The number of hydrogen-bond donors (Lipinski definition) is 1. The van der Waals surface area contributed by atoms with Gasteiger partial charge in [0, 0.05) is 8.59 Å². The Hall–Kier alpha value is -0.590. The monoisotopic (exact) mass is 365 g/mol. The summed E-state index contributed by atoms with van der Waals surface area (Å²) in [5, 5.41) is 4.17. The van der Waals surface area contributed by atoms with Gasteiger partial charge in [0.2, 0.25) is 0 Å². The first-order valence-corrected chi connectivity index (χ1v) is 6.18. The highest BCUT2D eigenvalue weighted by Gasteiger charge is 2.02. The fourth-order valence-electron chi connectivity index (χ4n) is 1.13. The fourth-order valence-corrected chi connectivity index (χ4v) is 2.28. The molecule has 16 heavy (non-hydrogen) atoms. The lowest BCUT2D eigenvalue weighted by atomic mass is 10.3. The SMILES string of the molecule is Clc1ccc(Nc2cncc(Cl)n2)c(I)c1. The Bertz CT molecular complexity index is 519. The molecule has 0 unspecified atom stereocenters. The molecule has 0 aliphatic rings. The van der Waals surface area contributed by atoms with Crippen molar-refractivity contribution >= 4 is 57.3 Å². The molecule has 1 heterocycles. The lowest BCUT2D eigenvalue weighted by Gasteiger charge is -2.07. The molecule has 6 heteroatoms. The smallest absolute Gasteiger partial charge is 0.150 e. The molecule has 3 nitrogen and oxygen atoms in total. The summed E-state index contributed by atoms with van der Waals surface area (Å²) in [6.45, 7) is 0. The summed E-state index contributed by atoms with van der Waals surface area (Å²) in [6.07, 6.45) is 3.09. The molecule has 0 bridgehead atoms. The third-order valence-corrected chi connectivity index (χ3v) is 3.11. The summed E-state index contributed by atoms with van der Waals surface area (Å²) in [5.41, 5.74) is 0.918. The molecular weight excluding hydrogens is 360 g/mol. The number of anilines is 2. The molecule has 1 N–H and O–H groups in total. The Balaban J connectivity index is 2.27. The van der Waals surface area contributed by atoms with Gasteiger partial charge in [0.15, 0.2) is 5.82 Å². The van der Waals surface area contributed by atoms with Gasteiger partial charge in [0.25, 0.3) is 0 Å². The van der Waals surface area contributed by atoms with E-state index >= 15 is 0 Å². The van der Waals surface area contributed by atoms with Gasteiger partial charge in [0.1, 0.15) is 5.15 Å². The van der Waals surface area contributed by atoms with Crippen LogP contribution in [0.5, 0.6) is 0 Å². The molecule has 0 saturated heterocycles. The summed E-state index contributed by atoms with van der Waals surface area (Å²) < 4.78 is 1.01. The van der Waals surface area contributed by atoms with Crippen LogP contribution in [0.1, 0.15) is 0 Å². The molecule has 0 radical (unpaired) electrons. The van der Waals surface area contributed by atoms with Crippen molar-refractivity contribution in [1.29, 1.82) is 0 Å². The number of nitrogens with zero attached hydrogens (tertiary/aromatic N) is 2. The van der Waals surface area contributed by atoms with Crippen molar-refractivity contribution in [3.8, 4) is 0 Å². The number of halogens is 3. The molecule has 0 aliphatic carbocycles. The summed E-state index contributed by atoms with van der Waals surface area (Å²) in [5.74, 6) is 0.604. The standard InChI is InChI=1S/C10H6Cl2IN3/c11-6-1-2-8(7(13)3-6)15-10-5-14-4-9(12)16-10/h1-5H,(H,15,16). The Morgan fingerprint density at radius 3 is 2.69 bits per heavy atom. The number of rotatable bonds is 2. The van der Waals surface area contributed by atoms with E-state index in [4.69, 9.17) is 23.2 Å². The molecule has 0 aliphatic heterocycles. The quantitative estimate of drug-likeness (QED) is 0.813. The van der Waals surface area contributed by atoms with Crippen molar-refractivity contribution in [3.05, 3.63) is 44.3 Å². The van der Waals surface area contributed by atoms with Gasteiger partial charge in [-0.15, -0.1) is 0 Å². The second kappa shape index (κ2) is 5.16. The summed E-state index contributed by atoms with van der Waals surface area (Å²) >= 11 is 13.8. The predicted molar refractivity (Wildman–Crippen MR) is 74.5 cm³/mol. The molecule has 0 fully saturated rings. The van der Waals surface area contributed by atoms with Crippen molar-refractivity contribution in [1.82, 2.24) is 9.97 Å². The summed E-state index contributed by atoms with van der Waals surface area (Å²) in [6, 6.07) is 5.55. The van der Waals surface area contributed by atoms with Crippen LogP contribution in [0.25, 0.3) is 0 Å². The number of hydrogen-bond acceptors (Lipinski definition) is 3. The van der Waals surface area contributed by atoms with Gasteiger partial charge in [-0.2, -0.15) is 0 Å². The van der Waals surface area contributed by atoms with Gasteiger partial charge in [-0.1, -0.05) is 23.2 Å². The third-order valence-electron chi connectivity index (χ3n) is 1.80. The van der Waals surface area contributed by atoms with E-state index in [0.29, 0.717) is 16.0 Å². The van der Waals surface area contributed by atoms with Crippen molar-refractivity contribution in [2.24, 2.45) is 0 Å². The van der Waals surface area contributed by atoms with Crippen LogP contribution < -0.4 is 5.32 Å². The van der Waals surface area contributed by atoms with E-state index in [1.807, 2.05) is 18.2 Å². The first-order chi connectivity index (χ1) is 7.65. The maximum atomic E-state index is 5.86. The fraction of sp³-hybridized carbons (Fsp3) is 0. The lowest BCUT2D eigenvalue weighted by Crippen LogP contribution is -1.96. The third kappa shape index (κ3) is 2.96. The molecule has 2 aromatic rings. The van der Waals surface area contributed by atoms with Gasteiger partial charge in [0.05, 0.1) is 18.1 Å². The van der Waals surface area contributed by atoms with Crippen LogP contribution in [0.15, 0.2) is 30.6 Å². The topological polar surface area (TPSA) is 37.8 Å². The van der Waals surface area contributed by atoms with Crippen molar-refractivity contribution < 1.29 is 0 Å². The highest BCUT2D eigenvalue weighted by atomic mass is 127. The van der Waals surface area contributed by atoms with E-state index in [1.165, 1.54) is 6.20 Å². The van der Waals surface area contributed by atoms with Gasteiger partial charge in [-0.25, -0.2) is 4.98 Å². The molecule has 0 spiro atoms. The first-order valence-electron chi connectivity index (χ1n) is 4.35. The molecule has 1 aromatic carbocycles. The van der Waals surface area contributed by atoms with E-state index in [-0.39, 0.29) is 0 Å². The van der Waals surface area contributed by atoms with E-state index < -0.39 is 0 Å². The highest BCUT2D eigenvalue weighted by molar-refractivity contribution is 14.1. The summed E-state index contributed by atoms with van der Waals surface area (Å²) in [4.78, 5) is 8.03. The van der Waals surface area contributed by atoms with Crippen LogP contribution in [0.4, 0.5) is 11.5 Å². The maximum absolute atomic E-state index is 5.86. The van der Waals surface area contributed by atoms with Gasteiger partial charge >= 0.3 is 0 Å². The van der Waals surface area contributed by atoms with E-state index in [1.54, 1.807) is 6.20 Å². The first kappa shape index (κ1) is 11.9. The number of aromatic nitrogens is 2. The maximum Gasteiger partial charge on any atom is 0.150 e. The van der Waals surface area contributed by atoms with Crippen LogP contribution in [0.2, 0.25) is 10.2 Å². The zero-order chi connectivity index (χ0) is 11.5. The van der Waals surface area contributed by atoms with Gasteiger partial charge in [-0.3, -0.25) is 4.98 Å². The van der Waals surface area contributed by atoms with Crippen molar-refractivity contribution in [2.75, 3.05) is 5.32 Å². The van der Waals surface area contributed by atoms with Crippen LogP contribution in [0.3, 0.4) is 0 Å². The van der Waals surface area contributed by atoms with Crippen LogP contribution in [-0.4, -0.2) is 9.97 Å². The second-order valence-electron chi connectivity index (χ2n) is 2.98. The minimum Gasteiger partial charge on any atom is -0.338 e. The zero-order valence-electron chi connectivity index (χ0n) is 7.92. The minimum atomic E-state index is 0.356. The molecule has 0 saturated carbocycles. The minimum absolute atomic E-state index is 0.356. The number of nitrogens with one attached hydrogen (secondary N) is 1. The van der Waals surface area contributed by atoms with Gasteiger partial charge in [-0.05, 0) is 40.8 Å². The Morgan fingerprint density at radius 2 is 2.00 bits per heavy atom. The largest absolute Gasteiger partial charge is 0.338 e. The lowest BCUT2D eigenvalue weighted by molar-refractivity contribution is 1.20. The normalized spacial score (nSPS) is 10.2. The Morgan fingerprint density at radius 1 is 1.19 bits per heavy atom. The number of benzene rings is 1. The Labute approximate surface area is 116 Å². The van der Waals surface area contributed by atoms with Crippen LogP contribution >= 0.6 is 45.8 Å². The van der Waals surface area contributed by atoms with Crippen molar-refractivity contribution in [2.45, 2.75) is 0 Å². The predicted octanol–water partition coefficient (Wildman–Crippen LogP) is 4.13. The molecule has 82 valence electrons. The zero-order valence-corrected chi connectivity index (χ0v) is 11.6. The van der Waals surface area contributed by atoms with E-state index in [9.17, 15) is 0 Å². The Kier molecular flexibility index (Phi) is 3.83.